The zero-order valence-corrected chi connectivity index (χ0v) is 12.7. The van der Waals surface area contributed by atoms with Crippen molar-refractivity contribution in [3.05, 3.63) is 25.7 Å². The number of alkyl carbamates (subject to hydrolysis) is 2. The molecule has 0 aliphatic carbocycles. The quantitative estimate of drug-likeness (QED) is 0.395. The molecule has 8 heteroatoms. The Bertz CT molecular complexity index is 303. The Morgan fingerprint density at radius 1 is 0.773 bits per heavy atom. The average molecular weight is 316 g/mol. The fraction of sp³-hybridized carbons (Fsp3) is 0.571. The molecule has 2 N–H and O–H groups in total. The number of rotatable bonds is 13. The molecule has 126 valence electrons. The van der Waals surface area contributed by atoms with E-state index in [0.29, 0.717) is 52.4 Å². The predicted molar refractivity (Wildman–Crippen MR) is 80.2 cm³/mol. The maximum atomic E-state index is 10.9. The van der Waals surface area contributed by atoms with E-state index in [1.165, 1.54) is 0 Å². The molecule has 0 aromatic heterocycles. The molecule has 0 rings (SSSR count). The summed E-state index contributed by atoms with van der Waals surface area (Å²) < 4.78 is 19.6. The van der Waals surface area contributed by atoms with Gasteiger partial charge >= 0.3 is 12.2 Å². The molecule has 0 radical (unpaired) electrons. The van der Waals surface area contributed by atoms with E-state index in [1.807, 2.05) is 0 Å². The predicted octanol–water partition coefficient (Wildman–Crippen LogP) is 1.54. The summed E-state index contributed by atoms with van der Waals surface area (Å²) in [6.45, 7) is 9.48. The molecule has 0 bridgehead atoms. The number of hydrogen-bond donors (Lipinski definition) is 2. The molecule has 0 aromatic carbocycles. The summed E-state index contributed by atoms with van der Waals surface area (Å²) in [5.74, 6) is 0. The van der Waals surface area contributed by atoms with Crippen LogP contribution in [0.15, 0.2) is 25.7 Å². The molecule has 0 aromatic rings. The molecule has 0 saturated heterocycles. The summed E-state index contributed by atoms with van der Waals surface area (Å²) in [5, 5.41) is 5.06. The third-order valence-corrected chi connectivity index (χ3v) is 2.22. The van der Waals surface area contributed by atoms with Crippen LogP contribution in [0.1, 0.15) is 12.8 Å². The molecule has 0 saturated carbocycles. The molecule has 0 aliphatic heterocycles. The Labute approximate surface area is 130 Å². The van der Waals surface area contributed by atoms with Crippen molar-refractivity contribution < 1.29 is 28.5 Å². The van der Waals surface area contributed by atoms with Gasteiger partial charge in [0, 0.05) is 26.3 Å². The van der Waals surface area contributed by atoms with Gasteiger partial charge in [0.25, 0.3) is 0 Å². The first kappa shape index (κ1) is 19.9. The van der Waals surface area contributed by atoms with Gasteiger partial charge in [-0.1, -0.05) is 13.2 Å². The monoisotopic (exact) mass is 316 g/mol. The van der Waals surface area contributed by atoms with Crippen LogP contribution in [0.4, 0.5) is 9.59 Å². The van der Waals surface area contributed by atoms with Crippen molar-refractivity contribution in [2.45, 2.75) is 12.8 Å². The van der Waals surface area contributed by atoms with Gasteiger partial charge in [-0.2, -0.15) is 0 Å². The van der Waals surface area contributed by atoms with Crippen LogP contribution in [0.2, 0.25) is 0 Å². The summed E-state index contributed by atoms with van der Waals surface area (Å²) in [6.07, 6.45) is 2.46. The molecule has 0 unspecified atom stereocenters. The second kappa shape index (κ2) is 15.3. The van der Waals surface area contributed by atoms with Gasteiger partial charge in [0.1, 0.15) is 0 Å². The highest BCUT2D eigenvalue weighted by Crippen LogP contribution is 1.86. The van der Waals surface area contributed by atoms with Crippen molar-refractivity contribution in [1.29, 1.82) is 0 Å². The highest BCUT2D eigenvalue weighted by atomic mass is 16.5. The van der Waals surface area contributed by atoms with Crippen LogP contribution < -0.4 is 10.6 Å². The maximum absolute atomic E-state index is 10.9. The topological polar surface area (TPSA) is 95.1 Å². The Morgan fingerprint density at radius 3 is 1.55 bits per heavy atom. The zero-order chi connectivity index (χ0) is 16.5. The van der Waals surface area contributed by atoms with Crippen LogP contribution in [0.5, 0.6) is 0 Å². The molecule has 2 amide bonds. The Morgan fingerprint density at radius 2 is 1.18 bits per heavy atom. The third kappa shape index (κ3) is 14.4. The van der Waals surface area contributed by atoms with Gasteiger partial charge in [-0.15, -0.1) is 0 Å². The molecule has 0 aliphatic rings. The SMILES string of the molecule is C=COC(=O)NCCCOCCOCCCNC(=O)OC=C. The summed E-state index contributed by atoms with van der Waals surface area (Å²) >= 11 is 0. The lowest BCUT2D eigenvalue weighted by Crippen LogP contribution is -2.25. The van der Waals surface area contributed by atoms with Crippen molar-refractivity contribution >= 4 is 12.2 Å². The fourth-order valence-electron chi connectivity index (χ4n) is 1.29. The van der Waals surface area contributed by atoms with Gasteiger partial charge in [-0.3, -0.25) is 0 Å². The van der Waals surface area contributed by atoms with Gasteiger partial charge in [-0.25, -0.2) is 9.59 Å². The van der Waals surface area contributed by atoms with E-state index in [-0.39, 0.29) is 0 Å². The van der Waals surface area contributed by atoms with Crippen LogP contribution in [0, 0.1) is 0 Å². The standard InChI is InChI=1S/C14H24N2O6/c1-3-21-13(17)15-7-5-9-19-11-12-20-10-6-8-16-14(18)22-4-2/h3-4H,1-2,5-12H2,(H,15,17)(H,16,18). The van der Waals surface area contributed by atoms with E-state index in [2.05, 4.69) is 33.3 Å². The molecule has 0 spiro atoms. The molecular weight excluding hydrogens is 292 g/mol. The van der Waals surface area contributed by atoms with E-state index in [1.54, 1.807) is 0 Å². The van der Waals surface area contributed by atoms with Gasteiger partial charge in [0.15, 0.2) is 0 Å². The Kier molecular flexibility index (Phi) is 13.9. The van der Waals surface area contributed by atoms with Gasteiger partial charge in [-0.05, 0) is 12.8 Å². The molecular formula is C14H24N2O6. The minimum Gasteiger partial charge on any atom is -0.419 e. The Hall–Kier alpha value is -2.06. The lowest BCUT2D eigenvalue weighted by molar-refractivity contribution is 0.0461. The third-order valence-electron chi connectivity index (χ3n) is 2.22. The molecule has 0 heterocycles. The second-order valence-electron chi connectivity index (χ2n) is 3.93. The van der Waals surface area contributed by atoms with Crippen LogP contribution in [-0.2, 0) is 18.9 Å². The summed E-state index contributed by atoms with van der Waals surface area (Å²) in [7, 11) is 0. The fourth-order valence-corrected chi connectivity index (χ4v) is 1.29. The van der Waals surface area contributed by atoms with Crippen molar-refractivity contribution in [3.8, 4) is 0 Å². The highest BCUT2D eigenvalue weighted by Gasteiger charge is 1.98. The van der Waals surface area contributed by atoms with E-state index in [9.17, 15) is 9.59 Å². The van der Waals surface area contributed by atoms with Crippen molar-refractivity contribution in [2.75, 3.05) is 39.5 Å². The highest BCUT2D eigenvalue weighted by molar-refractivity contribution is 5.67. The van der Waals surface area contributed by atoms with E-state index >= 15 is 0 Å². The normalized spacial score (nSPS) is 9.64. The van der Waals surface area contributed by atoms with Crippen LogP contribution >= 0.6 is 0 Å². The van der Waals surface area contributed by atoms with Crippen molar-refractivity contribution in [3.63, 3.8) is 0 Å². The molecule has 8 nitrogen and oxygen atoms in total. The van der Waals surface area contributed by atoms with Crippen molar-refractivity contribution in [2.24, 2.45) is 0 Å². The molecule has 0 fully saturated rings. The first-order valence-corrected chi connectivity index (χ1v) is 6.97. The number of ether oxygens (including phenoxy) is 4. The second-order valence-corrected chi connectivity index (χ2v) is 3.93. The first-order valence-electron chi connectivity index (χ1n) is 6.97. The van der Waals surface area contributed by atoms with Gasteiger partial charge in [0.05, 0.1) is 25.7 Å². The number of amides is 2. The maximum Gasteiger partial charge on any atom is 0.411 e. The minimum absolute atomic E-state index is 0.472. The Balaban J connectivity index is 3.14. The van der Waals surface area contributed by atoms with Gasteiger partial charge in [0.2, 0.25) is 0 Å². The summed E-state index contributed by atoms with van der Waals surface area (Å²) in [4.78, 5) is 21.8. The lowest BCUT2D eigenvalue weighted by Gasteiger charge is -2.07. The van der Waals surface area contributed by atoms with Crippen molar-refractivity contribution in [1.82, 2.24) is 10.6 Å². The number of hydrogen-bond acceptors (Lipinski definition) is 6. The number of carbonyl (C=O) groups excluding carboxylic acids is 2. The van der Waals surface area contributed by atoms with E-state index in [0.717, 1.165) is 12.5 Å². The molecule has 22 heavy (non-hydrogen) atoms. The lowest BCUT2D eigenvalue weighted by atomic mass is 10.4. The van der Waals surface area contributed by atoms with Crippen LogP contribution in [0.25, 0.3) is 0 Å². The minimum atomic E-state index is -0.524. The van der Waals surface area contributed by atoms with Gasteiger partial charge < -0.3 is 29.6 Å². The van der Waals surface area contributed by atoms with E-state index in [4.69, 9.17) is 9.47 Å². The summed E-state index contributed by atoms with van der Waals surface area (Å²) in [6, 6.07) is 0. The largest absolute Gasteiger partial charge is 0.419 e. The van der Waals surface area contributed by atoms with Crippen LogP contribution in [-0.4, -0.2) is 51.7 Å². The van der Waals surface area contributed by atoms with Crippen LogP contribution in [0.3, 0.4) is 0 Å². The number of nitrogens with one attached hydrogen (secondary N) is 2. The zero-order valence-electron chi connectivity index (χ0n) is 12.7. The average Bonchev–Trinajstić information content (AvgIpc) is 2.49. The first-order chi connectivity index (χ1) is 10.7. The smallest absolute Gasteiger partial charge is 0.411 e. The number of carbonyl (C=O) groups is 2. The molecule has 0 atom stereocenters. The van der Waals surface area contributed by atoms with E-state index < -0.39 is 12.2 Å². The summed E-state index contributed by atoms with van der Waals surface area (Å²) in [5.41, 5.74) is 0.